The highest BCUT2D eigenvalue weighted by molar-refractivity contribution is 7.99. The van der Waals surface area contributed by atoms with Crippen molar-refractivity contribution in [1.29, 1.82) is 0 Å². The van der Waals surface area contributed by atoms with Crippen LogP contribution in [0, 0.1) is 0 Å². The fourth-order valence-corrected chi connectivity index (χ4v) is 4.09. The summed E-state index contributed by atoms with van der Waals surface area (Å²) in [6.07, 6.45) is 5.48. The molecule has 3 nitrogen and oxygen atoms in total. The molecule has 0 aliphatic heterocycles. The summed E-state index contributed by atoms with van der Waals surface area (Å²) in [5.74, 6) is -3.38. The summed E-state index contributed by atoms with van der Waals surface area (Å²) in [4.78, 5) is -0.342. The van der Waals surface area contributed by atoms with Crippen molar-refractivity contribution in [2.24, 2.45) is 0 Å². The number of benzene rings is 1. The number of hydrogen-bond acceptors (Lipinski definition) is 4. The SMILES string of the molecule is CSC1CCCC1Nc1ccc(S(=O)(=O)C(F)F)cc1. The van der Waals surface area contributed by atoms with Gasteiger partial charge in [-0.2, -0.15) is 20.5 Å². The van der Waals surface area contributed by atoms with E-state index in [2.05, 4.69) is 11.6 Å². The summed E-state index contributed by atoms with van der Waals surface area (Å²) < 4.78 is 47.5. The molecule has 1 fully saturated rings. The third-order valence-electron chi connectivity index (χ3n) is 3.52. The van der Waals surface area contributed by atoms with Gasteiger partial charge in [-0.3, -0.25) is 0 Å². The van der Waals surface area contributed by atoms with Gasteiger partial charge >= 0.3 is 5.76 Å². The van der Waals surface area contributed by atoms with Crippen molar-refractivity contribution in [3.8, 4) is 0 Å². The van der Waals surface area contributed by atoms with Crippen molar-refractivity contribution in [2.45, 2.75) is 41.2 Å². The van der Waals surface area contributed by atoms with Gasteiger partial charge in [-0.05, 0) is 43.4 Å². The van der Waals surface area contributed by atoms with Gasteiger partial charge in [0.15, 0.2) is 0 Å². The van der Waals surface area contributed by atoms with Crippen LogP contribution in [0.5, 0.6) is 0 Å². The number of sulfone groups is 1. The molecule has 1 saturated carbocycles. The first-order chi connectivity index (χ1) is 9.45. The van der Waals surface area contributed by atoms with Crippen LogP contribution in [0.25, 0.3) is 0 Å². The Labute approximate surface area is 122 Å². The zero-order chi connectivity index (χ0) is 14.8. The van der Waals surface area contributed by atoms with Crippen molar-refractivity contribution in [2.75, 3.05) is 11.6 Å². The summed E-state index contributed by atoms with van der Waals surface area (Å²) in [6, 6.07) is 5.90. The van der Waals surface area contributed by atoms with Crippen molar-refractivity contribution in [1.82, 2.24) is 0 Å². The molecular weight excluding hydrogens is 304 g/mol. The zero-order valence-corrected chi connectivity index (χ0v) is 12.7. The quantitative estimate of drug-likeness (QED) is 0.903. The molecule has 1 aliphatic rings. The standard InChI is InChI=1S/C13H17F2NO2S2/c1-19-12-4-2-3-11(12)16-9-5-7-10(8-6-9)20(17,18)13(14)15/h5-8,11-13,16H,2-4H2,1H3. The average molecular weight is 321 g/mol. The molecule has 1 N–H and O–H groups in total. The van der Waals surface area contributed by atoms with Crippen molar-refractivity contribution >= 4 is 27.3 Å². The first kappa shape index (κ1) is 15.6. The van der Waals surface area contributed by atoms with Gasteiger partial charge < -0.3 is 5.32 Å². The first-order valence-corrected chi connectivity index (χ1v) is 9.20. The smallest absolute Gasteiger partial charge is 0.341 e. The summed E-state index contributed by atoms with van der Waals surface area (Å²) in [5.41, 5.74) is 0.768. The maximum atomic E-state index is 12.4. The Bertz CT molecular complexity index is 546. The maximum Gasteiger partial charge on any atom is 0.341 e. The van der Waals surface area contributed by atoms with E-state index >= 15 is 0 Å². The predicted octanol–water partition coefficient (Wildman–Crippen LogP) is 3.38. The maximum absolute atomic E-state index is 12.4. The molecule has 0 bridgehead atoms. The highest BCUT2D eigenvalue weighted by Gasteiger charge is 2.28. The molecule has 1 aromatic carbocycles. The van der Waals surface area contributed by atoms with Gasteiger partial charge in [0, 0.05) is 17.0 Å². The largest absolute Gasteiger partial charge is 0.381 e. The molecule has 112 valence electrons. The van der Waals surface area contributed by atoms with E-state index in [1.54, 1.807) is 12.1 Å². The van der Waals surface area contributed by atoms with E-state index in [0.29, 0.717) is 11.3 Å². The van der Waals surface area contributed by atoms with Crippen molar-refractivity contribution < 1.29 is 17.2 Å². The molecule has 2 rings (SSSR count). The molecule has 1 aliphatic carbocycles. The topological polar surface area (TPSA) is 46.2 Å². The number of hydrogen-bond donors (Lipinski definition) is 1. The molecule has 0 amide bonds. The fourth-order valence-electron chi connectivity index (χ4n) is 2.43. The van der Waals surface area contributed by atoms with Gasteiger partial charge in [0.1, 0.15) is 0 Å². The monoisotopic (exact) mass is 321 g/mol. The zero-order valence-electron chi connectivity index (χ0n) is 11.1. The normalized spacial score (nSPS) is 23.2. The first-order valence-electron chi connectivity index (χ1n) is 6.36. The second-order valence-corrected chi connectivity index (χ2v) is 7.78. The molecule has 20 heavy (non-hydrogen) atoms. The molecule has 0 radical (unpaired) electrons. The van der Waals surface area contributed by atoms with E-state index in [1.165, 1.54) is 18.6 Å². The Morgan fingerprint density at radius 3 is 2.45 bits per heavy atom. The Morgan fingerprint density at radius 1 is 1.25 bits per heavy atom. The fraction of sp³-hybridized carbons (Fsp3) is 0.538. The lowest BCUT2D eigenvalue weighted by Gasteiger charge is -2.20. The van der Waals surface area contributed by atoms with E-state index in [0.717, 1.165) is 18.5 Å². The van der Waals surface area contributed by atoms with Gasteiger partial charge in [0.25, 0.3) is 0 Å². The molecule has 0 heterocycles. The molecular formula is C13H17F2NO2S2. The van der Waals surface area contributed by atoms with Crippen LogP contribution in [0.3, 0.4) is 0 Å². The Hall–Kier alpha value is -0.820. The molecule has 0 spiro atoms. The van der Waals surface area contributed by atoms with Crippen LogP contribution in [0.4, 0.5) is 14.5 Å². The second-order valence-electron chi connectivity index (χ2n) is 4.79. The lowest BCUT2D eigenvalue weighted by atomic mass is 10.2. The van der Waals surface area contributed by atoms with Crippen molar-refractivity contribution in [3.63, 3.8) is 0 Å². The van der Waals surface area contributed by atoms with E-state index in [9.17, 15) is 17.2 Å². The number of rotatable bonds is 5. The highest BCUT2D eigenvalue weighted by Crippen LogP contribution is 2.31. The number of nitrogens with one attached hydrogen (secondary N) is 1. The molecule has 1 aromatic rings. The van der Waals surface area contributed by atoms with Gasteiger partial charge in [-0.1, -0.05) is 6.42 Å². The molecule has 0 saturated heterocycles. The molecule has 7 heteroatoms. The van der Waals surface area contributed by atoms with E-state index in [-0.39, 0.29) is 4.90 Å². The van der Waals surface area contributed by atoms with Crippen LogP contribution in [0.15, 0.2) is 29.2 Å². The van der Waals surface area contributed by atoms with Crippen LogP contribution >= 0.6 is 11.8 Å². The lowest BCUT2D eigenvalue weighted by Crippen LogP contribution is -2.25. The summed E-state index contributed by atoms with van der Waals surface area (Å²) >= 11 is 1.81. The predicted molar refractivity (Wildman–Crippen MR) is 78.2 cm³/mol. The van der Waals surface area contributed by atoms with E-state index in [1.807, 2.05) is 11.8 Å². The van der Waals surface area contributed by atoms with Crippen LogP contribution in [0.2, 0.25) is 0 Å². The van der Waals surface area contributed by atoms with Gasteiger partial charge in [0.2, 0.25) is 9.84 Å². The summed E-state index contributed by atoms with van der Waals surface area (Å²) in [6.45, 7) is 0. The van der Waals surface area contributed by atoms with Gasteiger partial charge in [-0.25, -0.2) is 8.42 Å². The third kappa shape index (κ3) is 3.25. The van der Waals surface area contributed by atoms with Crippen LogP contribution in [-0.2, 0) is 9.84 Å². The summed E-state index contributed by atoms with van der Waals surface area (Å²) in [7, 11) is -4.50. The average Bonchev–Trinajstić information content (AvgIpc) is 2.86. The molecule has 2 atom stereocenters. The van der Waals surface area contributed by atoms with Crippen molar-refractivity contribution in [3.05, 3.63) is 24.3 Å². The Kier molecular flexibility index (Phi) is 4.90. The Morgan fingerprint density at radius 2 is 1.90 bits per heavy atom. The minimum Gasteiger partial charge on any atom is -0.381 e. The molecule has 0 aromatic heterocycles. The minimum absolute atomic E-state index is 0.342. The van der Waals surface area contributed by atoms with E-state index in [4.69, 9.17) is 0 Å². The summed E-state index contributed by atoms with van der Waals surface area (Å²) in [5, 5.41) is 3.89. The third-order valence-corrected chi connectivity index (χ3v) is 6.09. The van der Waals surface area contributed by atoms with Gasteiger partial charge in [0.05, 0.1) is 4.90 Å². The number of alkyl halides is 2. The van der Waals surface area contributed by atoms with E-state index < -0.39 is 15.6 Å². The number of thioether (sulfide) groups is 1. The van der Waals surface area contributed by atoms with Crippen LogP contribution in [0.1, 0.15) is 19.3 Å². The lowest BCUT2D eigenvalue weighted by molar-refractivity contribution is 0.234. The Balaban J connectivity index is 2.09. The number of halogens is 2. The number of anilines is 1. The van der Waals surface area contributed by atoms with Crippen LogP contribution < -0.4 is 5.32 Å². The minimum atomic E-state index is -4.50. The second kappa shape index (κ2) is 6.30. The van der Waals surface area contributed by atoms with Gasteiger partial charge in [-0.15, -0.1) is 0 Å². The van der Waals surface area contributed by atoms with Crippen LogP contribution in [-0.4, -0.2) is 31.7 Å². The molecule has 2 unspecified atom stereocenters. The highest BCUT2D eigenvalue weighted by atomic mass is 32.2.